The third-order valence-corrected chi connectivity index (χ3v) is 13.5. The molecule has 1 aromatic rings. The summed E-state index contributed by atoms with van der Waals surface area (Å²) in [6.07, 6.45) is 1.13. The topological polar surface area (TPSA) is 570 Å². The number of carboxylic acid groups (broad SMARTS) is 2. The number of amides is 11. The molecule has 2 saturated heterocycles. The number of thiol groups is 1. The molecule has 3 rings (SSSR count). The minimum absolute atomic E-state index is 0.0153. The number of carbonyl (C=O) groups excluding carboxylic acids is 11. The number of hydrogen-bond donors (Lipinski definition) is 18. The summed E-state index contributed by atoms with van der Waals surface area (Å²) in [5, 5.41) is 45.9. The number of aliphatic carboxylic acids is 2. The lowest BCUT2D eigenvalue weighted by molar-refractivity contribution is -0.148. The lowest BCUT2D eigenvalue weighted by Crippen LogP contribution is -2.61. The van der Waals surface area contributed by atoms with Crippen LogP contribution in [0.1, 0.15) is 89.2 Å². The van der Waals surface area contributed by atoms with Crippen LogP contribution in [-0.4, -0.2) is 217 Å². The van der Waals surface area contributed by atoms with Gasteiger partial charge in [-0.1, -0.05) is 0 Å². The molecule has 82 heavy (non-hydrogen) atoms. The standard InChI is InChI=1S/C47H76N18O16S/c48-12-2-1-6-25(38(72)61-28(16-23-19-54-22-56-23)40(74)63-31(20-66)42(76)57-26(10-11-34(50)67)39(73)62-30(46(80)81)17-35(51)68)58-43(77)32-8-4-14-64(32)45(79)33-9-5-15-65(33)44(78)27(7-3-13-55-47(52)53)59-41(75)29(18-36(69)70)60-37(71)24(49)21-82/h19,22,24-33,66,82H,1-18,20-21,48-49H2,(H2,50,67)(H2,51,68)(H,54,56)(H,57,76)(H,58,77)(H,59,75)(H,60,71)(H,61,72)(H,62,73)(H,63,74)(H,69,70)(H,80,81)(H4,52,53,55)/t24-,25-,26-,27-,28-,29-,30-,31-,32-,33-/m0/s1. The van der Waals surface area contributed by atoms with E-state index in [1.54, 1.807) is 0 Å². The van der Waals surface area contributed by atoms with Gasteiger partial charge in [0.25, 0.3) is 0 Å². The van der Waals surface area contributed by atoms with Crippen LogP contribution in [0, 0.1) is 0 Å². The fourth-order valence-electron chi connectivity index (χ4n) is 8.86. The maximum Gasteiger partial charge on any atom is 0.326 e. The van der Waals surface area contributed by atoms with E-state index in [-0.39, 0.29) is 82.8 Å². The number of likely N-dealkylation sites (tertiary alicyclic amines) is 2. The molecule has 0 saturated carbocycles. The number of nitrogens with two attached hydrogens (primary N) is 6. The molecular formula is C47H76N18O16S. The molecule has 35 heteroatoms. The molecule has 0 unspecified atom stereocenters. The van der Waals surface area contributed by atoms with Crippen LogP contribution in [0.25, 0.3) is 0 Å². The van der Waals surface area contributed by atoms with Crippen molar-refractivity contribution in [3.63, 3.8) is 0 Å². The minimum Gasteiger partial charge on any atom is -0.481 e. The van der Waals surface area contributed by atoms with Crippen molar-refractivity contribution in [3.05, 3.63) is 18.2 Å². The zero-order valence-electron chi connectivity index (χ0n) is 44.9. The monoisotopic (exact) mass is 1180 g/mol. The Morgan fingerprint density at radius 1 is 0.659 bits per heavy atom. The zero-order chi connectivity index (χ0) is 61.2. The molecule has 11 amide bonds. The van der Waals surface area contributed by atoms with E-state index in [1.807, 2.05) is 5.32 Å². The van der Waals surface area contributed by atoms with Gasteiger partial charge in [0, 0.05) is 50.1 Å². The molecule has 23 N–H and O–H groups in total. The molecule has 1 aromatic heterocycles. The second-order valence-electron chi connectivity index (χ2n) is 19.4. The van der Waals surface area contributed by atoms with Gasteiger partial charge in [-0.05, 0) is 70.8 Å². The number of aromatic nitrogens is 2. The van der Waals surface area contributed by atoms with Crippen molar-refractivity contribution < 1.29 is 77.6 Å². The highest BCUT2D eigenvalue weighted by Crippen LogP contribution is 2.26. The summed E-state index contributed by atoms with van der Waals surface area (Å²) in [6.45, 7) is -0.793. The predicted octanol–water partition coefficient (Wildman–Crippen LogP) is -8.54. The number of H-pyrrole nitrogens is 1. The number of primary amides is 2. The normalized spacial score (nSPS) is 17.7. The van der Waals surface area contributed by atoms with Gasteiger partial charge in [-0.3, -0.25) is 62.5 Å². The summed E-state index contributed by atoms with van der Waals surface area (Å²) < 4.78 is 0. The van der Waals surface area contributed by atoms with Crippen molar-refractivity contribution in [1.82, 2.24) is 57.0 Å². The average Bonchev–Trinajstić information content (AvgIpc) is 4.40. The molecule has 2 fully saturated rings. The van der Waals surface area contributed by atoms with Crippen molar-refractivity contribution in [3.8, 4) is 0 Å². The smallest absolute Gasteiger partial charge is 0.326 e. The second-order valence-corrected chi connectivity index (χ2v) is 19.8. The van der Waals surface area contributed by atoms with Crippen LogP contribution in [-0.2, 0) is 68.7 Å². The number of carbonyl (C=O) groups is 13. The molecule has 0 spiro atoms. The van der Waals surface area contributed by atoms with Crippen molar-refractivity contribution >= 4 is 95.5 Å². The number of aromatic amines is 1. The lowest BCUT2D eigenvalue weighted by Gasteiger charge is -2.33. The molecule has 2 aliphatic rings. The van der Waals surface area contributed by atoms with Gasteiger partial charge in [-0.15, -0.1) is 0 Å². The Morgan fingerprint density at radius 3 is 1.78 bits per heavy atom. The van der Waals surface area contributed by atoms with Gasteiger partial charge < -0.3 is 102 Å². The van der Waals surface area contributed by atoms with E-state index >= 15 is 0 Å². The van der Waals surface area contributed by atoms with Crippen LogP contribution in [0.3, 0.4) is 0 Å². The van der Waals surface area contributed by atoms with Crippen LogP contribution in [0.5, 0.6) is 0 Å². The highest BCUT2D eigenvalue weighted by atomic mass is 32.1. The quantitative estimate of drug-likeness (QED) is 0.0128. The largest absolute Gasteiger partial charge is 0.481 e. The van der Waals surface area contributed by atoms with E-state index in [9.17, 15) is 77.6 Å². The third kappa shape index (κ3) is 22.0. The third-order valence-electron chi connectivity index (χ3n) is 13.1. The van der Waals surface area contributed by atoms with Gasteiger partial charge >= 0.3 is 11.9 Å². The summed E-state index contributed by atoms with van der Waals surface area (Å²) in [5.74, 6) is -13.9. The lowest BCUT2D eigenvalue weighted by atomic mass is 10.0. The average molecular weight is 1180 g/mol. The maximum atomic E-state index is 14.5. The fourth-order valence-corrected chi connectivity index (χ4v) is 9.02. The number of aliphatic hydroxyl groups is 1. The molecule has 3 heterocycles. The summed E-state index contributed by atoms with van der Waals surface area (Å²) >= 11 is 3.96. The Labute approximate surface area is 475 Å². The Balaban J connectivity index is 1.86. The van der Waals surface area contributed by atoms with Gasteiger partial charge in [0.2, 0.25) is 65.0 Å². The van der Waals surface area contributed by atoms with Crippen LogP contribution in [0.15, 0.2) is 17.5 Å². The van der Waals surface area contributed by atoms with Crippen molar-refractivity contribution in [2.24, 2.45) is 39.4 Å². The number of nitrogens with zero attached hydrogens (tertiary/aromatic N) is 4. The van der Waals surface area contributed by atoms with E-state index in [0.717, 1.165) is 0 Å². The number of rotatable bonds is 36. The molecule has 34 nitrogen and oxygen atoms in total. The Morgan fingerprint density at radius 2 is 1.21 bits per heavy atom. The molecule has 0 aromatic carbocycles. The number of hydrogen-bond acceptors (Lipinski definition) is 19. The molecule has 2 aliphatic heterocycles. The van der Waals surface area contributed by atoms with Gasteiger partial charge in [-0.2, -0.15) is 12.6 Å². The van der Waals surface area contributed by atoms with Crippen LogP contribution in [0.2, 0.25) is 0 Å². The summed E-state index contributed by atoms with van der Waals surface area (Å²) in [7, 11) is 0. The summed E-state index contributed by atoms with van der Waals surface area (Å²) in [6, 6.07) is -14.9. The zero-order valence-corrected chi connectivity index (χ0v) is 45.8. The molecule has 0 aliphatic carbocycles. The van der Waals surface area contributed by atoms with Gasteiger partial charge in [0.05, 0.1) is 31.8 Å². The summed E-state index contributed by atoms with van der Waals surface area (Å²) in [4.78, 5) is 184. The van der Waals surface area contributed by atoms with Crippen LogP contribution < -0.4 is 71.6 Å². The van der Waals surface area contributed by atoms with Crippen molar-refractivity contribution in [2.75, 3.05) is 38.5 Å². The van der Waals surface area contributed by atoms with E-state index in [2.05, 4.69) is 59.5 Å². The number of imidazole rings is 1. The van der Waals surface area contributed by atoms with Crippen molar-refractivity contribution in [2.45, 2.75) is 150 Å². The van der Waals surface area contributed by atoms with Gasteiger partial charge in [0.1, 0.15) is 54.4 Å². The number of carboxylic acids is 2. The first-order valence-corrected chi connectivity index (χ1v) is 26.9. The Kier molecular flexibility index (Phi) is 28.4. The number of aliphatic imine (C=N–C) groups is 1. The number of guanidine groups is 1. The number of unbranched alkanes of at least 4 members (excludes halogenated alkanes) is 1. The SMILES string of the molecule is NCCCC[C@H](NC(=O)[C@@H]1CCCN1C(=O)[C@@H]1CCCN1C(=O)[C@H](CCCN=C(N)N)NC(=O)[C@H](CC(=O)O)NC(=O)[C@@H](N)CS)C(=O)N[C@@H](Cc1cnc[nH]1)C(=O)N[C@@H](CO)C(=O)N[C@@H](CCC(N)=O)C(=O)N[C@@H](CC(N)=O)C(=O)O. The minimum atomic E-state index is -1.85. The first-order chi connectivity index (χ1) is 38.8. The Hall–Kier alpha value is -8.18. The number of aliphatic hydroxyl groups excluding tert-OH is 1. The first-order valence-electron chi connectivity index (χ1n) is 26.3. The van der Waals surface area contributed by atoms with Crippen LogP contribution >= 0.6 is 12.6 Å². The molecular weight excluding hydrogens is 1100 g/mol. The molecule has 456 valence electrons. The van der Waals surface area contributed by atoms with E-state index in [4.69, 9.17) is 34.4 Å². The van der Waals surface area contributed by atoms with E-state index in [0.29, 0.717) is 25.0 Å². The van der Waals surface area contributed by atoms with Crippen LogP contribution in [0.4, 0.5) is 0 Å². The number of nitrogens with one attached hydrogen (secondary N) is 8. The predicted molar refractivity (Wildman–Crippen MR) is 289 cm³/mol. The highest BCUT2D eigenvalue weighted by Gasteiger charge is 2.45. The second kappa shape index (κ2) is 34.2. The summed E-state index contributed by atoms with van der Waals surface area (Å²) in [5.41, 5.74) is 33.0. The maximum absolute atomic E-state index is 14.5. The Bertz CT molecular complexity index is 2470. The van der Waals surface area contributed by atoms with Gasteiger partial charge in [-0.25, -0.2) is 9.78 Å². The van der Waals surface area contributed by atoms with E-state index in [1.165, 1.54) is 22.3 Å². The highest BCUT2D eigenvalue weighted by molar-refractivity contribution is 7.80. The molecule has 0 bridgehead atoms. The first kappa shape index (κ1) is 68.1. The molecule has 10 atom stereocenters. The fraction of sp³-hybridized carbons (Fsp3) is 0.638. The van der Waals surface area contributed by atoms with Crippen molar-refractivity contribution in [1.29, 1.82) is 0 Å². The van der Waals surface area contributed by atoms with E-state index < -0.39 is 170 Å². The molecule has 0 radical (unpaired) electrons. The van der Waals surface area contributed by atoms with Gasteiger partial charge in [0.15, 0.2) is 5.96 Å².